The Labute approximate surface area is 154 Å². The van der Waals surface area contributed by atoms with E-state index >= 15 is 0 Å². The summed E-state index contributed by atoms with van der Waals surface area (Å²) in [5, 5.41) is 11.4. The zero-order chi connectivity index (χ0) is 18.3. The number of ether oxygens (including phenoxy) is 2. The zero-order valence-corrected chi connectivity index (χ0v) is 15.6. The van der Waals surface area contributed by atoms with Gasteiger partial charge < -0.3 is 24.4 Å². The molecule has 6 heteroatoms. The minimum absolute atomic E-state index is 0.0265. The van der Waals surface area contributed by atoms with E-state index in [1.54, 1.807) is 0 Å². The van der Waals surface area contributed by atoms with E-state index in [1.165, 1.54) is 0 Å². The summed E-state index contributed by atoms with van der Waals surface area (Å²) >= 11 is 0. The Morgan fingerprint density at radius 3 is 2.88 bits per heavy atom. The van der Waals surface area contributed by atoms with Gasteiger partial charge in [0.1, 0.15) is 0 Å². The summed E-state index contributed by atoms with van der Waals surface area (Å²) < 4.78 is 11.3. The highest BCUT2D eigenvalue weighted by atomic mass is 16.5. The van der Waals surface area contributed by atoms with Crippen LogP contribution in [0, 0.1) is 11.8 Å². The number of hydrogen-bond acceptors (Lipinski definition) is 5. The Morgan fingerprint density at radius 2 is 2.08 bits per heavy atom. The SMILES string of the molecule is CN(C)c1cccc(C(=O)N2C[C@@H]3COCC[C@]3(O)[C@H]3COCC[C@H]32)c1. The second-order valence-electron chi connectivity index (χ2n) is 7.95. The lowest BCUT2D eigenvalue weighted by Gasteiger charge is -2.57. The van der Waals surface area contributed by atoms with Crippen LogP contribution in [0.2, 0.25) is 0 Å². The lowest BCUT2D eigenvalue weighted by molar-refractivity contribution is -0.212. The number of hydrogen-bond donors (Lipinski definition) is 1. The molecule has 1 N–H and O–H groups in total. The highest BCUT2D eigenvalue weighted by molar-refractivity contribution is 5.95. The Bertz CT molecular complexity index is 680. The van der Waals surface area contributed by atoms with Gasteiger partial charge in [-0.1, -0.05) is 6.07 Å². The molecule has 3 saturated heterocycles. The van der Waals surface area contributed by atoms with Crippen LogP contribution in [0.5, 0.6) is 0 Å². The normalized spacial score (nSPS) is 34.0. The quantitative estimate of drug-likeness (QED) is 0.863. The van der Waals surface area contributed by atoms with Crippen molar-refractivity contribution in [2.75, 3.05) is 52.0 Å². The van der Waals surface area contributed by atoms with E-state index < -0.39 is 5.60 Å². The predicted octanol–water partition coefficient (Wildman–Crippen LogP) is 1.38. The van der Waals surface area contributed by atoms with Crippen molar-refractivity contribution >= 4 is 11.6 Å². The van der Waals surface area contributed by atoms with Gasteiger partial charge in [0.2, 0.25) is 0 Å². The van der Waals surface area contributed by atoms with Gasteiger partial charge in [-0.25, -0.2) is 0 Å². The van der Waals surface area contributed by atoms with Crippen LogP contribution in [0.3, 0.4) is 0 Å². The van der Waals surface area contributed by atoms with E-state index in [2.05, 4.69) is 0 Å². The highest BCUT2D eigenvalue weighted by Crippen LogP contribution is 2.44. The van der Waals surface area contributed by atoms with Crippen LogP contribution in [-0.4, -0.2) is 74.6 Å². The maximum atomic E-state index is 13.4. The van der Waals surface area contributed by atoms with Crippen LogP contribution < -0.4 is 4.90 Å². The minimum Gasteiger partial charge on any atom is -0.389 e. The average molecular weight is 360 g/mol. The van der Waals surface area contributed by atoms with Crippen molar-refractivity contribution in [3.05, 3.63) is 29.8 Å². The number of benzene rings is 1. The van der Waals surface area contributed by atoms with E-state index in [-0.39, 0.29) is 23.8 Å². The van der Waals surface area contributed by atoms with Crippen molar-refractivity contribution in [1.29, 1.82) is 0 Å². The molecule has 6 nitrogen and oxygen atoms in total. The number of carbonyl (C=O) groups excluding carboxylic acids is 1. The topological polar surface area (TPSA) is 62.2 Å². The number of anilines is 1. The summed E-state index contributed by atoms with van der Waals surface area (Å²) in [7, 11) is 3.94. The Kier molecular flexibility index (Phi) is 4.67. The van der Waals surface area contributed by atoms with E-state index in [0.29, 0.717) is 45.0 Å². The molecule has 3 heterocycles. The number of likely N-dealkylation sites (tertiary alicyclic amines) is 1. The van der Waals surface area contributed by atoms with Crippen LogP contribution in [0.15, 0.2) is 24.3 Å². The minimum atomic E-state index is -0.786. The Morgan fingerprint density at radius 1 is 1.27 bits per heavy atom. The summed E-state index contributed by atoms with van der Waals surface area (Å²) in [6.45, 7) is 2.78. The molecule has 26 heavy (non-hydrogen) atoms. The van der Waals surface area contributed by atoms with Crippen molar-refractivity contribution < 1.29 is 19.4 Å². The van der Waals surface area contributed by atoms with Crippen LogP contribution >= 0.6 is 0 Å². The zero-order valence-electron chi connectivity index (χ0n) is 15.6. The van der Waals surface area contributed by atoms with Crippen molar-refractivity contribution in [3.8, 4) is 0 Å². The van der Waals surface area contributed by atoms with E-state index in [0.717, 1.165) is 12.1 Å². The summed E-state index contributed by atoms with van der Waals surface area (Å²) in [6.07, 6.45) is 1.40. The third-order valence-corrected chi connectivity index (χ3v) is 6.32. The number of carbonyl (C=O) groups is 1. The lowest BCUT2D eigenvalue weighted by atomic mass is 9.66. The number of fused-ring (bicyclic) bond motifs is 3. The largest absolute Gasteiger partial charge is 0.389 e. The fraction of sp³-hybridized carbons (Fsp3) is 0.650. The summed E-state index contributed by atoms with van der Waals surface area (Å²) in [5.41, 5.74) is 0.920. The van der Waals surface area contributed by atoms with Gasteiger partial charge in [-0.15, -0.1) is 0 Å². The smallest absolute Gasteiger partial charge is 0.254 e. The molecule has 1 aromatic rings. The molecule has 1 amide bonds. The maximum Gasteiger partial charge on any atom is 0.254 e. The van der Waals surface area contributed by atoms with Crippen LogP contribution in [0.1, 0.15) is 23.2 Å². The second kappa shape index (κ2) is 6.83. The molecule has 0 spiro atoms. The third-order valence-electron chi connectivity index (χ3n) is 6.32. The third kappa shape index (κ3) is 2.90. The fourth-order valence-electron chi connectivity index (χ4n) is 4.78. The highest BCUT2D eigenvalue weighted by Gasteiger charge is 2.56. The first-order chi connectivity index (χ1) is 12.5. The predicted molar refractivity (Wildman–Crippen MR) is 98.4 cm³/mol. The van der Waals surface area contributed by atoms with Crippen LogP contribution in [0.25, 0.3) is 0 Å². The molecular formula is C20H28N2O4. The molecular weight excluding hydrogens is 332 g/mol. The molecule has 4 rings (SSSR count). The molecule has 3 aliphatic heterocycles. The van der Waals surface area contributed by atoms with Crippen LogP contribution in [0.4, 0.5) is 5.69 Å². The molecule has 142 valence electrons. The summed E-state index contributed by atoms with van der Waals surface area (Å²) in [6, 6.07) is 7.77. The molecule has 3 fully saturated rings. The Balaban J connectivity index is 1.65. The summed E-state index contributed by atoms with van der Waals surface area (Å²) in [4.78, 5) is 17.3. The van der Waals surface area contributed by atoms with Gasteiger partial charge in [0.25, 0.3) is 5.91 Å². The maximum absolute atomic E-state index is 13.4. The lowest BCUT2D eigenvalue weighted by Crippen LogP contribution is -2.68. The molecule has 0 unspecified atom stereocenters. The number of rotatable bonds is 2. The van der Waals surface area contributed by atoms with Gasteiger partial charge in [0.05, 0.1) is 18.8 Å². The molecule has 1 aromatic carbocycles. The summed E-state index contributed by atoms with van der Waals surface area (Å²) in [5.74, 6) is -0.0571. The van der Waals surface area contributed by atoms with E-state index in [9.17, 15) is 9.90 Å². The standard InChI is InChI=1S/C20H28N2O4/c1-21(2)16-5-3-4-14(10-16)19(23)22-11-15-12-26-9-7-20(15,24)17-13-25-8-6-18(17)22/h3-5,10,15,17-18,24H,6-9,11-13H2,1-2H3/t15-,17+,18-,20-/m1/s1. The monoisotopic (exact) mass is 360 g/mol. The van der Waals surface area contributed by atoms with Gasteiger partial charge in [0.15, 0.2) is 0 Å². The molecule has 0 aromatic heterocycles. The molecule has 3 aliphatic rings. The first-order valence-corrected chi connectivity index (χ1v) is 9.47. The van der Waals surface area contributed by atoms with Crippen molar-refractivity contribution in [1.82, 2.24) is 4.90 Å². The Hall–Kier alpha value is -1.63. The van der Waals surface area contributed by atoms with Gasteiger partial charge in [-0.2, -0.15) is 0 Å². The van der Waals surface area contributed by atoms with Gasteiger partial charge in [-0.3, -0.25) is 4.79 Å². The molecule has 0 radical (unpaired) electrons. The van der Waals surface area contributed by atoms with Crippen LogP contribution in [-0.2, 0) is 9.47 Å². The van der Waals surface area contributed by atoms with Gasteiger partial charge in [0, 0.05) is 69.4 Å². The van der Waals surface area contributed by atoms with Crippen molar-refractivity contribution in [2.24, 2.45) is 11.8 Å². The number of amides is 1. The van der Waals surface area contributed by atoms with Gasteiger partial charge >= 0.3 is 0 Å². The number of nitrogens with zero attached hydrogens (tertiary/aromatic N) is 2. The fourth-order valence-corrected chi connectivity index (χ4v) is 4.78. The molecule has 0 aliphatic carbocycles. The van der Waals surface area contributed by atoms with E-state index in [1.807, 2.05) is 48.2 Å². The molecule has 0 bridgehead atoms. The molecule has 0 saturated carbocycles. The first kappa shape index (κ1) is 17.8. The number of piperidine rings is 1. The number of aliphatic hydroxyl groups is 1. The van der Waals surface area contributed by atoms with Crippen molar-refractivity contribution in [2.45, 2.75) is 24.5 Å². The molecule has 4 atom stereocenters. The average Bonchev–Trinajstić information content (AvgIpc) is 2.67. The van der Waals surface area contributed by atoms with Gasteiger partial charge in [-0.05, 0) is 24.6 Å². The first-order valence-electron chi connectivity index (χ1n) is 9.47. The van der Waals surface area contributed by atoms with E-state index in [4.69, 9.17) is 9.47 Å². The van der Waals surface area contributed by atoms with Crippen molar-refractivity contribution in [3.63, 3.8) is 0 Å². The second-order valence-corrected chi connectivity index (χ2v) is 7.95.